The Morgan fingerprint density at radius 3 is 2.43 bits per heavy atom. The molecule has 0 bridgehead atoms. The van der Waals surface area contributed by atoms with E-state index in [9.17, 15) is 18.5 Å². The second-order valence-electron chi connectivity index (χ2n) is 12.3. The lowest BCUT2D eigenvalue weighted by Crippen LogP contribution is -2.22. The fraction of sp³-hybridized carbons (Fsp3) is 0.303. The Morgan fingerprint density at radius 1 is 1.09 bits per heavy atom. The van der Waals surface area contributed by atoms with E-state index < -0.39 is 18.1 Å². The Morgan fingerprint density at radius 2 is 1.80 bits per heavy atom. The minimum Gasteiger partial charge on any atom is -0.361 e. The van der Waals surface area contributed by atoms with E-state index >= 15 is 0 Å². The minimum atomic E-state index is -3.97. The van der Waals surface area contributed by atoms with Crippen LogP contribution in [0.15, 0.2) is 64.1 Å². The predicted molar refractivity (Wildman–Crippen MR) is 180 cm³/mol. The number of aryl methyl sites for hydroxylation is 3. The first-order valence-electron chi connectivity index (χ1n) is 14.4. The standard InChI is InChI=1S/C33H35BrN4O4SSi/c1-7-24-16-22(3)31-30(26(34)19-38(31)43(40,41)25-11-8-21(2)9-12-25)29(24)32(39)33-36-27-13-10-23(18-35)17-28(27)37(33)20-42-14-15-44(4,5)6/h8-13,16-17,19H,7,14-15,20H2,1-6H3. The van der Waals surface area contributed by atoms with Crippen LogP contribution in [-0.4, -0.2) is 42.4 Å². The molecule has 5 aromatic rings. The number of nitrogens with zero attached hydrogens (tertiary/aromatic N) is 4. The number of ether oxygens (including phenoxy) is 1. The Hall–Kier alpha value is -3.56. The van der Waals surface area contributed by atoms with Gasteiger partial charge >= 0.3 is 0 Å². The fourth-order valence-electron chi connectivity index (χ4n) is 5.32. The lowest BCUT2D eigenvalue weighted by atomic mass is 9.94. The second-order valence-corrected chi connectivity index (χ2v) is 20.5. The lowest BCUT2D eigenvalue weighted by Gasteiger charge is -2.17. The molecule has 0 aliphatic heterocycles. The van der Waals surface area contributed by atoms with E-state index in [4.69, 9.17) is 9.72 Å². The molecule has 44 heavy (non-hydrogen) atoms. The zero-order valence-corrected chi connectivity index (χ0v) is 29.1. The summed E-state index contributed by atoms with van der Waals surface area (Å²) in [6.07, 6.45) is 2.07. The van der Waals surface area contributed by atoms with Gasteiger partial charge in [0.25, 0.3) is 10.0 Å². The van der Waals surface area contributed by atoms with Crippen LogP contribution in [0.1, 0.15) is 45.4 Å². The summed E-state index contributed by atoms with van der Waals surface area (Å²) in [5.74, 6) is -0.175. The minimum absolute atomic E-state index is 0.0946. The van der Waals surface area contributed by atoms with Gasteiger partial charge in [0.1, 0.15) is 6.73 Å². The highest BCUT2D eigenvalue weighted by molar-refractivity contribution is 9.10. The summed E-state index contributed by atoms with van der Waals surface area (Å²) in [5.41, 5.74) is 4.93. The van der Waals surface area contributed by atoms with Gasteiger partial charge in [-0.2, -0.15) is 5.26 Å². The molecule has 0 radical (unpaired) electrons. The van der Waals surface area contributed by atoms with Crippen LogP contribution < -0.4 is 0 Å². The first-order valence-corrected chi connectivity index (χ1v) is 20.4. The molecule has 0 spiro atoms. The van der Waals surface area contributed by atoms with Crippen molar-refractivity contribution >= 4 is 61.7 Å². The quantitative estimate of drug-likeness (QED) is 0.0849. The van der Waals surface area contributed by atoms with Crippen LogP contribution in [0, 0.1) is 25.2 Å². The summed E-state index contributed by atoms with van der Waals surface area (Å²) in [5, 5.41) is 10.1. The average Bonchev–Trinajstić information content (AvgIpc) is 3.52. The molecule has 0 unspecified atom stereocenters. The number of carbonyl (C=O) groups is 1. The van der Waals surface area contributed by atoms with Gasteiger partial charge in [-0.05, 0) is 83.7 Å². The summed E-state index contributed by atoms with van der Waals surface area (Å²) in [4.78, 5) is 19.5. The molecule has 2 heterocycles. The molecule has 8 nitrogen and oxygen atoms in total. The third-order valence-corrected chi connectivity index (χ3v) is 11.7. The van der Waals surface area contributed by atoms with Crippen LogP contribution in [-0.2, 0) is 27.9 Å². The van der Waals surface area contributed by atoms with Crippen LogP contribution in [0.4, 0.5) is 0 Å². The van der Waals surface area contributed by atoms with Crippen molar-refractivity contribution in [2.75, 3.05) is 6.61 Å². The van der Waals surface area contributed by atoms with Crippen molar-refractivity contribution in [2.45, 2.75) is 64.5 Å². The van der Waals surface area contributed by atoms with Crippen molar-refractivity contribution < 1.29 is 17.9 Å². The predicted octanol–water partition coefficient (Wildman–Crippen LogP) is 7.58. The third kappa shape index (κ3) is 5.91. The van der Waals surface area contributed by atoms with Crippen LogP contribution in [0.25, 0.3) is 21.9 Å². The number of ketones is 1. The van der Waals surface area contributed by atoms with E-state index in [1.807, 2.05) is 26.8 Å². The summed E-state index contributed by atoms with van der Waals surface area (Å²) >= 11 is 3.60. The van der Waals surface area contributed by atoms with Crippen molar-refractivity contribution in [3.05, 3.63) is 92.8 Å². The van der Waals surface area contributed by atoms with Crippen LogP contribution >= 0.6 is 15.9 Å². The highest BCUT2D eigenvalue weighted by atomic mass is 79.9. The number of hydrogen-bond acceptors (Lipinski definition) is 6. The molecule has 0 aliphatic carbocycles. The van der Waals surface area contributed by atoms with E-state index in [1.54, 1.807) is 47.0 Å². The molecule has 0 saturated carbocycles. The highest BCUT2D eigenvalue weighted by Gasteiger charge is 2.30. The largest absolute Gasteiger partial charge is 0.361 e. The van der Waals surface area contributed by atoms with Gasteiger partial charge in [0, 0.05) is 36.3 Å². The highest BCUT2D eigenvalue weighted by Crippen LogP contribution is 2.38. The molecule has 3 aromatic carbocycles. The maximum absolute atomic E-state index is 14.6. The smallest absolute Gasteiger partial charge is 0.268 e. The maximum atomic E-state index is 14.6. The monoisotopic (exact) mass is 690 g/mol. The number of nitriles is 1. The van der Waals surface area contributed by atoms with Gasteiger partial charge in [0.15, 0.2) is 5.82 Å². The molecule has 0 N–H and O–H groups in total. The van der Waals surface area contributed by atoms with Crippen LogP contribution in [0.2, 0.25) is 25.7 Å². The molecular weight excluding hydrogens is 656 g/mol. The summed E-state index contributed by atoms with van der Waals surface area (Å²) < 4.78 is 37.3. The number of fused-ring (bicyclic) bond motifs is 2. The van der Waals surface area contributed by atoms with Crippen molar-refractivity contribution in [1.29, 1.82) is 5.26 Å². The number of benzene rings is 3. The molecule has 5 rings (SSSR count). The van der Waals surface area contributed by atoms with Gasteiger partial charge < -0.3 is 4.74 Å². The Bertz CT molecular complexity index is 2070. The zero-order chi connectivity index (χ0) is 32.0. The van der Waals surface area contributed by atoms with Crippen molar-refractivity contribution in [3.8, 4) is 6.07 Å². The van der Waals surface area contributed by atoms with Crippen molar-refractivity contribution in [1.82, 2.24) is 13.5 Å². The van der Waals surface area contributed by atoms with Gasteiger partial charge in [-0.1, -0.05) is 50.3 Å². The van der Waals surface area contributed by atoms with E-state index in [1.165, 1.54) is 10.2 Å². The summed E-state index contributed by atoms with van der Waals surface area (Å²) in [6.45, 7) is 13.2. The Kier molecular flexibility index (Phi) is 8.75. The lowest BCUT2D eigenvalue weighted by molar-refractivity contribution is 0.0835. The summed E-state index contributed by atoms with van der Waals surface area (Å²) in [6, 6.07) is 16.8. The molecule has 0 saturated heterocycles. The Labute approximate surface area is 267 Å². The average molecular weight is 692 g/mol. The number of carbonyl (C=O) groups excluding carboxylic acids is 1. The van der Waals surface area contributed by atoms with E-state index in [0.717, 1.165) is 22.7 Å². The van der Waals surface area contributed by atoms with Gasteiger partial charge in [-0.15, -0.1) is 0 Å². The van der Waals surface area contributed by atoms with Gasteiger partial charge in [0.05, 0.1) is 33.1 Å². The molecule has 0 amide bonds. The van der Waals surface area contributed by atoms with Gasteiger partial charge in [0.2, 0.25) is 5.78 Å². The third-order valence-electron chi connectivity index (χ3n) is 7.74. The molecule has 228 valence electrons. The van der Waals surface area contributed by atoms with Crippen LogP contribution in [0.5, 0.6) is 0 Å². The fourth-order valence-corrected chi connectivity index (χ4v) is 8.23. The number of rotatable bonds is 10. The number of aromatic nitrogens is 3. The van der Waals surface area contributed by atoms with Crippen LogP contribution in [0.3, 0.4) is 0 Å². The van der Waals surface area contributed by atoms with Gasteiger partial charge in [-0.25, -0.2) is 17.4 Å². The molecule has 0 atom stereocenters. The first kappa shape index (κ1) is 31.8. The zero-order valence-electron chi connectivity index (χ0n) is 25.7. The molecule has 2 aromatic heterocycles. The topological polar surface area (TPSA) is 107 Å². The first-order chi connectivity index (χ1) is 20.8. The second kappa shape index (κ2) is 12.1. The molecular formula is C33H35BrN4O4SSi. The number of halogens is 1. The molecule has 11 heteroatoms. The van der Waals surface area contributed by atoms with Gasteiger partial charge in [-0.3, -0.25) is 9.36 Å². The van der Waals surface area contributed by atoms with E-state index in [2.05, 4.69) is 41.6 Å². The number of imidazole rings is 1. The van der Waals surface area contributed by atoms with Crippen molar-refractivity contribution in [3.63, 3.8) is 0 Å². The SMILES string of the molecule is CCc1cc(C)c2c(c(Br)cn2S(=O)(=O)c2ccc(C)cc2)c1C(=O)c1nc2ccc(C#N)cc2n1COCC[Si](C)(C)C. The van der Waals surface area contributed by atoms with Crippen molar-refractivity contribution in [2.24, 2.45) is 0 Å². The summed E-state index contributed by atoms with van der Waals surface area (Å²) in [7, 11) is -5.31. The normalized spacial score (nSPS) is 12.2. The molecule has 0 aliphatic rings. The maximum Gasteiger partial charge on any atom is 0.268 e. The van der Waals surface area contributed by atoms with E-state index in [0.29, 0.717) is 50.6 Å². The molecule has 0 fully saturated rings. The number of hydrogen-bond donors (Lipinski definition) is 0. The van der Waals surface area contributed by atoms with E-state index in [-0.39, 0.29) is 23.2 Å². The Balaban J connectivity index is 1.71.